The van der Waals surface area contributed by atoms with Gasteiger partial charge < -0.3 is 10.2 Å². The lowest BCUT2D eigenvalue weighted by atomic mass is 10.2. The van der Waals surface area contributed by atoms with Crippen LogP contribution in [0.3, 0.4) is 0 Å². The Balaban J connectivity index is 2.12. The van der Waals surface area contributed by atoms with E-state index < -0.39 is 0 Å². The molecule has 0 spiro atoms. The fourth-order valence-electron chi connectivity index (χ4n) is 1.96. The van der Waals surface area contributed by atoms with E-state index in [4.69, 9.17) is 11.6 Å². The molecule has 0 bridgehead atoms. The number of hydrogen-bond acceptors (Lipinski definition) is 3. The predicted octanol–water partition coefficient (Wildman–Crippen LogP) is 4.33. The molecule has 21 heavy (non-hydrogen) atoms. The molecule has 5 heteroatoms. The lowest BCUT2D eigenvalue weighted by molar-refractivity contribution is 0.627. The molecule has 1 heterocycles. The van der Waals surface area contributed by atoms with Crippen molar-refractivity contribution in [3.8, 4) is 0 Å². The Morgan fingerprint density at radius 1 is 1.19 bits per heavy atom. The van der Waals surface area contributed by atoms with Crippen LogP contribution >= 0.6 is 11.6 Å². The van der Waals surface area contributed by atoms with Gasteiger partial charge in [0.15, 0.2) is 0 Å². The van der Waals surface area contributed by atoms with E-state index in [1.807, 2.05) is 24.1 Å². The SMILES string of the molecule is CCCNc1ccc(Cl)c(CN(C)c2ccc(F)cc2)n1. The fourth-order valence-corrected chi connectivity index (χ4v) is 2.12. The molecule has 1 aromatic heterocycles. The van der Waals surface area contributed by atoms with Crippen LogP contribution in [0.15, 0.2) is 36.4 Å². The van der Waals surface area contributed by atoms with E-state index in [1.165, 1.54) is 12.1 Å². The van der Waals surface area contributed by atoms with E-state index in [2.05, 4.69) is 17.2 Å². The van der Waals surface area contributed by atoms with E-state index in [9.17, 15) is 4.39 Å². The molecule has 0 radical (unpaired) electrons. The smallest absolute Gasteiger partial charge is 0.126 e. The van der Waals surface area contributed by atoms with E-state index in [0.717, 1.165) is 30.2 Å². The molecule has 0 aliphatic carbocycles. The number of aromatic nitrogens is 1. The van der Waals surface area contributed by atoms with Gasteiger partial charge in [-0.25, -0.2) is 9.37 Å². The average Bonchev–Trinajstić information content (AvgIpc) is 2.48. The molecule has 0 saturated carbocycles. The van der Waals surface area contributed by atoms with Crippen LogP contribution in [-0.2, 0) is 6.54 Å². The van der Waals surface area contributed by atoms with Crippen molar-refractivity contribution < 1.29 is 4.39 Å². The van der Waals surface area contributed by atoms with Gasteiger partial charge in [-0.05, 0) is 42.8 Å². The summed E-state index contributed by atoms with van der Waals surface area (Å²) in [5, 5.41) is 3.88. The number of nitrogens with zero attached hydrogens (tertiary/aromatic N) is 2. The van der Waals surface area contributed by atoms with Crippen LogP contribution in [-0.4, -0.2) is 18.6 Å². The molecule has 0 atom stereocenters. The number of nitrogens with one attached hydrogen (secondary N) is 1. The molecule has 0 aliphatic heterocycles. The second-order valence-electron chi connectivity index (χ2n) is 4.88. The van der Waals surface area contributed by atoms with E-state index in [-0.39, 0.29) is 5.82 Å². The summed E-state index contributed by atoms with van der Waals surface area (Å²) >= 11 is 6.21. The van der Waals surface area contributed by atoms with Gasteiger partial charge in [0.05, 0.1) is 17.3 Å². The summed E-state index contributed by atoms with van der Waals surface area (Å²) in [6.45, 7) is 3.54. The Bertz CT molecular complexity index is 587. The number of rotatable bonds is 6. The maximum atomic E-state index is 13.0. The Labute approximate surface area is 129 Å². The highest BCUT2D eigenvalue weighted by molar-refractivity contribution is 6.31. The molecule has 2 aromatic rings. The molecular weight excluding hydrogens is 289 g/mol. The van der Waals surface area contributed by atoms with Crippen molar-refractivity contribution in [2.45, 2.75) is 19.9 Å². The minimum atomic E-state index is -0.242. The number of anilines is 2. The second-order valence-corrected chi connectivity index (χ2v) is 5.29. The van der Waals surface area contributed by atoms with Gasteiger partial charge in [0.1, 0.15) is 11.6 Å². The monoisotopic (exact) mass is 307 g/mol. The highest BCUT2D eigenvalue weighted by Crippen LogP contribution is 2.21. The molecule has 2 rings (SSSR count). The molecule has 0 fully saturated rings. The Hall–Kier alpha value is -1.81. The van der Waals surface area contributed by atoms with Gasteiger partial charge >= 0.3 is 0 Å². The van der Waals surface area contributed by atoms with Gasteiger partial charge in [0.2, 0.25) is 0 Å². The largest absolute Gasteiger partial charge is 0.370 e. The van der Waals surface area contributed by atoms with E-state index in [1.54, 1.807) is 12.1 Å². The quantitative estimate of drug-likeness (QED) is 0.861. The molecule has 1 N–H and O–H groups in total. The summed E-state index contributed by atoms with van der Waals surface area (Å²) < 4.78 is 13.0. The molecule has 0 unspecified atom stereocenters. The first-order chi connectivity index (χ1) is 10.1. The Kier molecular flexibility index (Phi) is 5.39. The van der Waals surface area contributed by atoms with E-state index in [0.29, 0.717) is 11.6 Å². The van der Waals surface area contributed by atoms with Crippen LogP contribution in [0, 0.1) is 5.82 Å². The maximum absolute atomic E-state index is 13.0. The first-order valence-electron chi connectivity index (χ1n) is 6.96. The van der Waals surface area contributed by atoms with Crippen molar-refractivity contribution in [2.24, 2.45) is 0 Å². The summed E-state index contributed by atoms with van der Waals surface area (Å²) in [5.41, 5.74) is 1.71. The van der Waals surface area contributed by atoms with Crippen molar-refractivity contribution in [1.29, 1.82) is 0 Å². The molecular formula is C16H19ClFN3. The molecule has 0 aliphatic rings. The van der Waals surface area contributed by atoms with Gasteiger partial charge in [-0.15, -0.1) is 0 Å². The predicted molar refractivity (Wildman–Crippen MR) is 86.5 cm³/mol. The van der Waals surface area contributed by atoms with Gasteiger partial charge in [-0.2, -0.15) is 0 Å². The third-order valence-corrected chi connectivity index (χ3v) is 3.47. The van der Waals surface area contributed by atoms with Crippen LogP contribution in [0.1, 0.15) is 19.0 Å². The summed E-state index contributed by atoms with van der Waals surface area (Å²) in [5.74, 6) is 0.581. The van der Waals surface area contributed by atoms with Gasteiger partial charge in [0, 0.05) is 19.3 Å². The molecule has 3 nitrogen and oxygen atoms in total. The summed E-state index contributed by atoms with van der Waals surface area (Å²) in [6.07, 6.45) is 1.04. The zero-order valence-corrected chi connectivity index (χ0v) is 13.0. The number of benzene rings is 1. The molecule has 0 amide bonds. The summed E-state index contributed by atoms with van der Waals surface area (Å²) in [4.78, 5) is 6.52. The van der Waals surface area contributed by atoms with Crippen molar-refractivity contribution in [2.75, 3.05) is 23.8 Å². The normalized spacial score (nSPS) is 10.5. The van der Waals surface area contributed by atoms with E-state index >= 15 is 0 Å². The third kappa shape index (κ3) is 4.33. The van der Waals surface area contributed by atoms with Crippen molar-refractivity contribution in [3.05, 3.63) is 52.9 Å². The Morgan fingerprint density at radius 2 is 1.90 bits per heavy atom. The van der Waals surface area contributed by atoms with Crippen molar-refractivity contribution in [1.82, 2.24) is 4.98 Å². The zero-order chi connectivity index (χ0) is 15.2. The van der Waals surface area contributed by atoms with Gasteiger partial charge in [0.25, 0.3) is 0 Å². The van der Waals surface area contributed by atoms with Gasteiger partial charge in [-0.3, -0.25) is 0 Å². The fraction of sp³-hybridized carbons (Fsp3) is 0.312. The summed E-state index contributed by atoms with van der Waals surface area (Å²) in [6, 6.07) is 10.1. The summed E-state index contributed by atoms with van der Waals surface area (Å²) in [7, 11) is 1.93. The number of pyridine rings is 1. The molecule has 1 aromatic carbocycles. The zero-order valence-electron chi connectivity index (χ0n) is 12.2. The average molecular weight is 308 g/mol. The molecule has 112 valence electrons. The highest BCUT2D eigenvalue weighted by atomic mass is 35.5. The van der Waals surface area contributed by atoms with Crippen molar-refractivity contribution in [3.63, 3.8) is 0 Å². The van der Waals surface area contributed by atoms with Crippen molar-refractivity contribution >= 4 is 23.1 Å². The van der Waals surface area contributed by atoms with Crippen LogP contribution < -0.4 is 10.2 Å². The van der Waals surface area contributed by atoms with Crippen LogP contribution in [0.5, 0.6) is 0 Å². The first-order valence-corrected chi connectivity index (χ1v) is 7.34. The molecule has 0 saturated heterocycles. The minimum Gasteiger partial charge on any atom is -0.370 e. The maximum Gasteiger partial charge on any atom is 0.126 e. The highest BCUT2D eigenvalue weighted by Gasteiger charge is 2.08. The first kappa shape index (κ1) is 15.6. The van der Waals surface area contributed by atoms with Crippen LogP contribution in [0.4, 0.5) is 15.9 Å². The second kappa shape index (κ2) is 7.27. The standard InChI is InChI=1S/C16H19ClFN3/c1-3-10-19-16-9-8-14(17)15(20-16)11-21(2)13-6-4-12(18)5-7-13/h4-9H,3,10-11H2,1-2H3,(H,19,20). The number of halogens is 2. The minimum absolute atomic E-state index is 0.242. The van der Waals surface area contributed by atoms with Crippen LogP contribution in [0.2, 0.25) is 5.02 Å². The van der Waals surface area contributed by atoms with Gasteiger partial charge in [-0.1, -0.05) is 18.5 Å². The third-order valence-electron chi connectivity index (χ3n) is 3.13. The lowest BCUT2D eigenvalue weighted by Gasteiger charge is -2.20. The lowest BCUT2D eigenvalue weighted by Crippen LogP contribution is -2.18. The van der Waals surface area contributed by atoms with Crippen LogP contribution in [0.25, 0.3) is 0 Å². The topological polar surface area (TPSA) is 28.2 Å². The Morgan fingerprint density at radius 3 is 2.57 bits per heavy atom. The number of hydrogen-bond donors (Lipinski definition) is 1.